The zero-order valence-corrected chi connectivity index (χ0v) is 27.4. The lowest BCUT2D eigenvalue weighted by Crippen LogP contribution is -2.49. The zero-order valence-electron chi connectivity index (χ0n) is 27.4. The molecule has 0 spiro atoms. The highest BCUT2D eigenvalue weighted by Gasteiger charge is 2.23. The number of carbonyl (C=O) groups is 1. The van der Waals surface area contributed by atoms with Crippen LogP contribution in [-0.4, -0.2) is 113 Å². The van der Waals surface area contributed by atoms with E-state index in [0.29, 0.717) is 24.4 Å². The summed E-state index contributed by atoms with van der Waals surface area (Å²) in [5.74, 6) is 1.25. The van der Waals surface area contributed by atoms with Crippen LogP contribution in [0.25, 0.3) is 10.9 Å². The molecule has 0 atom stereocenters. The number of phenols is 2. The number of hydrogen-bond donors (Lipinski definition) is 2. The van der Waals surface area contributed by atoms with Gasteiger partial charge in [-0.3, -0.25) is 9.69 Å². The topological polar surface area (TPSA) is 84.7 Å². The van der Waals surface area contributed by atoms with E-state index in [1.54, 1.807) is 6.07 Å². The molecule has 0 radical (unpaired) electrons. The molecule has 9 nitrogen and oxygen atoms in total. The fraction of sp³-hybridized carbons (Fsp3) is 0.432. The Hall–Kier alpha value is -4.05. The molecule has 2 saturated heterocycles. The number of fused-ring (bicyclic) bond motifs is 1. The lowest BCUT2D eigenvalue weighted by molar-refractivity contribution is 0.0638. The van der Waals surface area contributed by atoms with Gasteiger partial charge in [0.05, 0.1) is 0 Å². The minimum absolute atomic E-state index is 0.0177. The van der Waals surface area contributed by atoms with Gasteiger partial charge in [0.25, 0.3) is 5.91 Å². The third-order valence-corrected chi connectivity index (χ3v) is 9.80. The van der Waals surface area contributed by atoms with Gasteiger partial charge < -0.3 is 34.2 Å². The molecule has 2 fully saturated rings. The van der Waals surface area contributed by atoms with Crippen LogP contribution in [0.1, 0.15) is 33.6 Å². The molecule has 6 rings (SSSR count). The average Bonchev–Trinajstić information content (AvgIpc) is 3.30. The van der Waals surface area contributed by atoms with E-state index in [0.717, 1.165) is 83.1 Å². The van der Waals surface area contributed by atoms with E-state index >= 15 is 0 Å². The van der Waals surface area contributed by atoms with E-state index in [2.05, 4.69) is 52.3 Å². The van der Waals surface area contributed by atoms with E-state index in [4.69, 9.17) is 4.74 Å². The van der Waals surface area contributed by atoms with Crippen LogP contribution in [0, 0.1) is 13.8 Å². The standard InChI is InChI=1S/C37H47N5O4/c1-27-28(2)42(14-5-13-39-18-16-38(3)17-19-39)34-10-9-32(26-33(27)34)46-31-7-4-6-30(25-31)37(45)41-22-20-40(21-23-41)15-12-29-8-11-35(43)36(44)24-29/h4,6-11,24-26,43-44H,5,12-23H2,1-3H3. The fourth-order valence-electron chi connectivity index (χ4n) is 6.70. The number of phenolic OH excluding ortho intramolecular Hbond substituents is 2. The Morgan fingerprint density at radius 2 is 1.48 bits per heavy atom. The molecule has 3 aromatic carbocycles. The summed E-state index contributed by atoms with van der Waals surface area (Å²) in [4.78, 5) is 22.6. The van der Waals surface area contributed by atoms with Crippen molar-refractivity contribution in [1.82, 2.24) is 24.2 Å². The first-order valence-corrected chi connectivity index (χ1v) is 16.6. The van der Waals surface area contributed by atoms with Crippen molar-refractivity contribution >= 4 is 16.8 Å². The Balaban J connectivity index is 1.04. The second-order valence-corrected chi connectivity index (χ2v) is 12.9. The second kappa shape index (κ2) is 14.2. The molecule has 0 bridgehead atoms. The first-order valence-electron chi connectivity index (χ1n) is 16.6. The minimum Gasteiger partial charge on any atom is -0.504 e. The number of nitrogens with zero attached hydrogens (tertiary/aromatic N) is 5. The quantitative estimate of drug-likeness (QED) is 0.237. The van der Waals surface area contributed by atoms with Crippen molar-refractivity contribution in [3.05, 3.63) is 83.0 Å². The predicted molar refractivity (Wildman–Crippen MR) is 182 cm³/mol. The van der Waals surface area contributed by atoms with Crippen molar-refractivity contribution in [2.75, 3.05) is 72.5 Å². The van der Waals surface area contributed by atoms with Gasteiger partial charge in [-0.25, -0.2) is 0 Å². The van der Waals surface area contributed by atoms with Crippen molar-refractivity contribution < 1.29 is 19.7 Å². The first-order chi connectivity index (χ1) is 22.2. The molecule has 4 aromatic rings. The van der Waals surface area contributed by atoms with Gasteiger partial charge in [0.1, 0.15) is 11.5 Å². The van der Waals surface area contributed by atoms with Gasteiger partial charge in [-0.15, -0.1) is 0 Å². The third kappa shape index (κ3) is 7.33. The lowest BCUT2D eigenvalue weighted by Gasteiger charge is -2.34. The highest BCUT2D eigenvalue weighted by atomic mass is 16.5. The highest BCUT2D eigenvalue weighted by Crippen LogP contribution is 2.32. The molecule has 2 N–H and O–H groups in total. The summed E-state index contributed by atoms with van der Waals surface area (Å²) in [5.41, 5.74) is 5.43. The van der Waals surface area contributed by atoms with Crippen LogP contribution < -0.4 is 4.74 Å². The van der Waals surface area contributed by atoms with E-state index in [1.165, 1.54) is 28.2 Å². The molecule has 2 aliphatic heterocycles. The summed E-state index contributed by atoms with van der Waals surface area (Å²) in [6, 6.07) is 18.8. The number of amides is 1. The molecular formula is C37H47N5O4. The molecule has 2 aliphatic rings. The van der Waals surface area contributed by atoms with Crippen LogP contribution in [0.2, 0.25) is 0 Å². The Labute approximate surface area is 272 Å². The van der Waals surface area contributed by atoms with Gasteiger partial charge in [0.2, 0.25) is 0 Å². The number of hydrogen-bond acceptors (Lipinski definition) is 7. The molecule has 46 heavy (non-hydrogen) atoms. The van der Waals surface area contributed by atoms with Crippen LogP contribution in [-0.2, 0) is 13.0 Å². The van der Waals surface area contributed by atoms with Crippen molar-refractivity contribution in [3.63, 3.8) is 0 Å². The molecule has 3 heterocycles. The molecule has 244 valence electrons. The average molecular weight is 626 g/mol. The molecule has 0 unspecified atom stereocenters. The second-order valence-electron chi connectivity index (χ2n) is 12.9. The number of aromatic nitrogens is 1. The summed E-state index contributed by atoms with van der Waals surface area (Å²) in [7, 11) is 2.20. The highest BCUT2D eigenvalue weighted by molar-refractivity contribution is 5.94. The van der Waals surface area contributed by atoms with Crippen LogP contribution in [0.5, 0.6) is 23.0 Å². The summed E-state index contributed by atoms with van der Waals surface area (Å²) >= 11 is 0. The molecule has 0 aliphatic carbocycles. The zero-order chi connectivity index (χ0) is 32.2. The van der Waals surface area contributed by atoms with Crippen LogP contribution in [0.4, 0.5) is 0 Å². The van der Waals surface area contributed by atoms with Gasteiger partial charge >= 0.3 is 0 Å². The maximum absolute atomic E-state index is 13.4. The fourth-order valence-corrected chi connectivity index (χ4v) is 6.70. The maximum atomic E-state index is 13.4. The largest absolute Gasteiger partial charge is 0.504 e. The number of carbonyl (C=O) groups excluding carboxylic acids is 1. The van der Waals surface area contributed by atoms with E-state index in [1.807, 2.05) is 41.3 Å². The summed E-state index contributed by atoms with van der Waals surface area (Å²) in [6.45, 7) is 14.9. The number of benzene rings is 3. The van der Waals surface area contributed by atoms with Gasteiger partial charge in [-0.05, 0) is 99.9 Å². The lowest BCUT2D eigenvalue weighted by atomic mass is 10.1. The van der Waals surface area contributed by atoms with Crippen LogP contribution >= 0.6 is 0 Å². The Morgan fingerprint density at radius 1 is 0.761 bits per heavy atom. The maximum Gasteiger partial charge on any atom is 0.254 e. The molecule has 0 saturated carbocycles. The third-order valence-electron chi connectivity index (χ3n) is 9.80. The van der Waals surface area contributed by atoms with Crippen molar-refractivity contribution in [2.45, 2.75) is 33.2 Å². The first kappa shape index (κ1) is 31.9. The molecule has 9 heteroatoms. The number of rotatable bonds is 10. The van der Waals surface area contributed by atoms with Crippen molar-refractivity contribution in [2.24, 2.45) is 0 Å². The van der Waals surface area contributed by atoms with Crippen molar-refractivity contribution in [3.8, 4) is 23.0 Å². The SMILES string of the molecule is Cc1c(C)n(CCCN2CCN(C)CC2)c2ccc(Oc3cccc(C(=O)N4CCN(CCc5ccc(O)c(O)c5)CC4)c3)cc12. The van der Waals surface area contributed by atoms with E-state index in [-0.39, 0.29) is 17.4 Å². The number of likely N-dealkylation sites (N-methyl/N-ethyl adjacent to an activating group) is 1. The molecular weight excluding hydrogens is 578 g/mol. The molecule has 1 aromatic heterocycles. The van der Waals surface area contributed by atoms with Gasteiger partial charge in [0, 0.05) is 87.6 Å². The smallest absolute Gasteiger partial charge is 0.254 e. The van der Waals surface area contributed by atoms with E-state index in [9.17, 15) is 15.0 Å². The Morgan fingerprint density at radius 3 is 2.24 bits per heavy atom. The van der Waals surface area contributed by atoms with E-state index < -0.39 is 0 Å². The molecule has 1 amide bonds. The summed E-state index contributed by atoms with van der Waals surface area (Å²) in [6.07, 6.45) is 1.90. The van der Waals surface area contributed by atoms with Crippen LogP contribution in [0.15, 0.2) is 60.7 Å². The number of ether oxygens (including phenoxy) is 1. The summed E-state index contributed by atoms with van der Waals surface area (Å²) in [5, 5.41) is 20.5. The van der Waals surface area contributed by atoms with Gasteiger partial charge in [-0.1, -0.05) is 12.1 Å². The van der Waals surface area contributed by atoms with Crippen LogP contribution in [0.3, 0.4) is 0 Å². The Bertz CT molecular complexity index is 1670. The number of piperazine rings is 2. The monoisotopic (exact) mass is 625 g/mol. The van der Waals surface area contributed by atoms with Gasteiger partial charge in [0.15, 0.2) is 11.5 Å². The number of aromatic hydroxyl groups is 2. The Kier molecular flexibility index (Phi) is 9.82. The van der Waals surface area contributed by atoms with Gasteiger partial charge in [-0.2, -0.15) is 0 Å². The normalized spacial score (nSPS) is 16.7. The predicted octanol–water partition coefficient (Wildman–Crippen LogP) is 5.10. The summed E-state index contributed by atoms with van der Waals surface area (Å²) < 4.78 is 8.76. The number of aryl methyl sites for hydroxylation is 2. The van der Waals surface area contributed by atoms with Crippen molar-refractivity contribution in [1.29, 1.82) is 0 Å². The minimum atomic E-state index is -0.103.